The van der Waals surface area contributed by atoms with Crippen molar-refractivity contribution < 1.29 is 4.92 Å². The Kier molecular flexibility index (Phi) is 4.36. The Balaban J connectivity index is 2.30. The Hall–Kier alpha value is -1.92. The molecule has 0 aliphatic heterocycles. The highest BCUT2D eigenvalue weighted by atomic mass is 35.5. The second-order valence-corrected chi connectivity index (χ2v) is 4.88. The van der Waals surface area contributed by atoms with Crippen LogP contribution in [0.5, 0.6) is 0 Å². The number of aromatic nitrogens is 2. The van der Waals surface area contributed by atoms with E-state index in [1.807, 2.05) is 20.2 Å². The number of halogens is 1. The van der Waals surface area contributed by atoms with Crippen LogP contribution < -0.4 is 5.32 Å². The maximum Gasteiger partial charge on any atom is 0.275 e. The standard InChI is InChI=1S/C13H15ClN4O2/c1-9(15-2)10-6-16-17(7-10)8-11-12(14)4-3-5-13(11)18(19)20/h3-7,9,15H,8H2,1-2H3. The monoisotopic (exact) mass is 294 g/mol. The van der Waals surface area contributed by atoms with Crippen molar-refractivity contribution in [3.63, 3.8) is 0 Å². The van der Waals surface area contributed by atoms with E-state index in [9.17, 15) is 10.1 Å². The summed E-state index contributed by atoms with van der Waals surface area (Å²) in [5.74, 6) is 0. The van der Waals surface area contributed by atoms with E-state index in [2.05, 4.69) is 10.4 Å². The van der Waals surface area contributed by atoms with Crippen LogP contribution in [0, 0.1) is 10.1 Å². The van der Waals surface area contributed by atoms with Gasteiger partial charge < -0.3 is 5.32 Å². The summed E-state index contributed by atoms with van der Waals surface area (Å²) in [4.78, 5) is 10.6. The van der Waals surface area contributed by atoms with E-state index in [-0.39, 0.29) is 18.3 Å². The number of hydrogen-bond acceptors (Lipinski definition) is 4. The third-order valence-corrected chi connectivity index (χ3v) is 3.55. The van der Waals surface area contributed by atoms with E-state index >= 15 is 0 Å². The van der Waals surface area contributed by atoms with Gasteiger partial charge in [-0.1, -0.05) is 17.7 Å². The van der Waals surface area contributed by atoms with Crippen LogP contribution in [0.15, 0.2) is 30.6 Å². The van der Waals surface area contributed by atoms with Crippen molar-refractivity contribution in [3.05, 3.63) is 56.9 Å². The molecule has 1 unspecified atom stereocenters. The van der Waals surface area contributed by atoms with Crippen molar-refractivity contribution in [1.29, 1.82) is 0 Å². The minimum absolute atomic E-state index is 0.0104. The molecule has 1 aromatic carbocycles. The fraction of sp³-hybridized carbons (Fsp3) is 0.308. The molecule has 0 saturated carbocycles. The lowest BCUT2D eigenvalue weighted by Crippen LogP contribution is -2.11. The SMILES string of the molecule is CNC(C)c1cnn(Cc2c(Cl)cccc2[N+](=O)[O-])c1. The average molecular weight is 295 g/mol. The summed E-state index contributed by atoms with van der Waals surface area (Å²) in [5.41, 5.74) is 1.49. The Bertz CT molecular complexity index is 627. The van der Waals surface area contributed by atoms with E-state index in [0.717, 1.165) is 5.56 Å². The second-order valence-electron chi connectivity index (χ2n) is 4.48. The van der Waals surface area contributed by atoms with Crippen molar-refractivity contribution >= 4 is 17.3 Å². The molecule has 0 aliphatic rings. The predicted octanol–water partition coefficient (Wildman–Crippen LogP) is 2.77. The number of nitrogens with one attached hydrogen (secondary N) is 1. The number of nitrogens with zero attached hydrogens (tertiary/aromatic N) is 3. The Morgan fingerprint density at radius 1 is 1.55 bits per heavy atom. The third kappa shape index (κ3) is 2.97. The molecule has 1 N–H and O–H groups in total. The molecule has 6 nitrogen and oxygen atoms in total. The summed E-state index contributed by atoms with van der Waals surface area (Å²) in [7, 11) is 1.86. The zero-order valence-electron chi connectivity index (χ0n) is 11.2. The first kappa shape index (κ1) is 14.5. The molecule has 0 fully saturated rings. The molecular weight excluding hydrogens is 280 g/mol. The first-order chi connectivity index (χ1) is 9.52. The van der Waals surface area contributed by atoms with Gasteiger partial charge in [-0.2, -0.15) is 5.10 Å². The van der Waals surface area contributed by atoms with Gasteiger partial charge in [0, 0.05) is 23.9 Å². The maximum atomic E-state index is 11.0. The molecule has 7 heteroatoms. The van der Waals surface area contributed by atoms with Crippen molar-refractivity contribution in [2.24, 2.45) is 0 Å². The fourth-order valence-corrected chi connectivity index (χ4v) is 2.12. The zero-order chi connectivity index (χ0) is 14.7. The summed E-state index contributed by atoms with van der Waals surface area (Å²) in [5, 5.41) is 18.7. The topological polar surface area (TPSA) is 73.0 Å². The van der Waals surface area contributed by atoms with Gasteiger partial charge in [-0.05, 0) is 20.0 Å². The van der Waals surface area contributed by atoms with Crippen LogP contribution in [0.25, 0.3) is 0 Å². The maximum absolute atomic E-state index is 11.0. The predicted molar refractivity (Wildman–Crippen MR) is 76.9 cm³/mol. The molecule has 1 atom stereocenters. The van der Waals surface area contributed by atoms with Gasteiger partial charge in [-0.15, -0.1) is 0 Å². The van der Waals surface area contributed by atoms with Crippen LogP contribution in [-0.4, -0.2) is 21.8 Å². The lowest BCUT2D eigenvalue weighted by Gasteiger charge is -2.07. The molecule has 0 bridgehead atoms. The Morgan fingerprint density at radius 3 is 2.95 bits per heavy atom. The molecule has 20 heavy (non-hydrogen) atoms. The second kappa shape index (κ2) is 6.02. The largest absolute Gasteiger partial charge is 0.313 e. The van der Waals surface area contributed by atoms with Crippen LogP contribution in [0.2, 0.25) is 5.02 Å². The summed E-state index contributed by atoms with van der Waals surface area (Å²) >= 11 is 6.06. The highest BCUT2D eigenvalue weighted by molar-refractivity contribution is 6.31. The molecule has 1 aromatic heterocycles. The van der Waals surface area contributed by atoms with E-state index in [1.54, 1.807) is 23.0 Å². The van der Waals surface area contributed by atoms with Crippen LogP contribution in [0.4, 0.5) is 5.69 Å². The van der Waals surface area contributed by atoms with Crippen molar-refractivity contribution in [2.45, 2.75) is 19.5 Å². The summed E-state index contributed by atoms with van der Waals surface area (Å²) in [6.45, 7) is 2.28. The zero-order valence-corrected chi connectivity index (χ0v) is 12.0. The Morgan fingerprint density at radius 2 is 2.30 bits per heavy atom. The van der Waals surface area contributed by atoms with Gasteiger partial charge in [-0.3, -0.25) is 14.8 Å². The summed E-state index contributed by atoms with van der Waals surface area (Å²) in [6.07, 6.45) is 3.60. The number of hydrogen-bond donors (Lipinski definition) is 1. The van der Waals surface area contributed by atoms with Crippen molar-refractivity contribution in [2.75, 3.05) is 7.05 Å². The summed E-state index contributed by atoms with van der Waals surface area (Å²) < 4.78 is 1.65. The molecular formula is C13H15ClN4O2. The molecule has 1 heterocycles. The average Bonchev–Trinajstić information content (AvgIpc) is 2.88. The van der Waals surface area contributed by atoms with Crippen LogP contribution >= 0.6 is 11.6 Å². The molecule has 0 radical (unpaired) electrons. The van der Waals surface area contributed by atoms with Gasteiger partial charge in [0.1, 0.15) is 0 Å². The van der Waals surface area contributed by atoms with Gasteiger partial charge in [0.25, 0.3) is 5.69 Å². The smallest absolute Gasteiger partial charge is 0.275 e. The van der Waals surface area contributed by atoms with E-state index in [0.29, 0.717) is 10.6 Å². The minimum atomic E-state index is -0.429. The van der Waals surface area contributed by atoms with E-state index in [4.69, 9.17) is 11.6 Å². The molecule has 2 aromatic rings. The van der Waals surface area contributed by atoms with Gasteiger partial charge >= 0.3 is 0 Å². The molecule has 0 saturated heterocycles. The van der Waals surface area contributed by atoms with Gasteiger partial charge in [-0.25, -0.2) is 0 Å². The van der Waals surface area contributed by atoms with Crippen molar-refractivity contribution in [3.8, 4) is 0 Å². The lowest BCUT2D eigenvalue weighted by atomic mass is 10.1. The Labute approximate surface area is 121 Å². The highest BCUT2D eigenvalue weighted by Gasteiger charge is 2.17. The quantitative estimate of drug-likeness (QED) is 0.680. The van der Waals surface area contributed by atoms with E-state index < -0.39 is 4.92 Å². The van der Waals surface area contributed by atoms with Gasteiger partial charge in [0.05, 0.1) is 28.3 Å². The first-order valence-corrected chi connectivity index (χ1v) is 6.52. The third-order valence-electron chi connectivity index (χ3n) is 3.20. The van der Waals surface area contributed by atoms with Gasteiger partial charge in [0.15, 0.2) is 0 Å². The van der Waals surface area contributed by atoms with Crippen LogP contribution in [-0.2, 0) is 6.54 Å². The van der Waals surface area contributed by atoms with Crippen LogP contribution in [0.3, 0.4) is 0 Å². The van der Waals surface area contributed by atoms with Crippen molar-refractivity contribution in [1.82, 2.24) is 15.1 Å². The molecule has 106 valence electrons. The molecule has 0 spiro atoms. The molecule has 0 aliphatic carbocycles. The van der Waals surface area contributed by atoms with Gasteiger partial charge in [0.2, 0.25) is 0 Å². The number of benzene rings is 1. The first-order valence-electron chi connectivity index (χ1n) is 6.14. The van der Waals surface area contributed by atoms with E-state index in [1.165, 1.54) is 6.07 Å². The molecule has 0 amide bonds. The van der Waals surface area contributed by atoms with Crippen LogP contribution in [0.1, 0.15) is 24.1 Å². The number of rotatable bonds is 5. The normalized spacial score (nSPS) is 12.3. The highest BCUT2D eigenvalue weighted by Crippen LogP contribution is 2.27. The lowest BCUT2D eigenvalue weighted by molar-refractivity contribution is -0.385. The minimum Gasteiger partial charge on any atom is -0.313 e. The summed E-state index contributed by atoms with van der Waals surface area (Å²) in [6, 6.07) is 4.83. The number of nitro benzene ring substituents is 1. The fourth-order valence-electron chi connectivity index (χ4n) is 1.89. The molecule has 2 rings (SSSR count). The number of nitro groups is 1.